The van der Waals surface area contributed by atoms with Crippen molar-refractivity contribution >= 4 is 29.5 Å². The third-order valence-electron chi connectivity index (χ3n) is 11.2. The van der Waals surface area contributed by atoms with E-state index in [1.807, 2.05) is 11.8 Å². The van der Waals surface area contributed by atoms with E-state index in [9.17, 15) is 29.1 Å². The molecule has 0 radical (unpaired) electrons. The molecule has 2 heterocycles. The summed E-state index contributed by atoms with van der Waals surface area (Å²) >= 11 is 0. The van der Waals surface area contributed by atoms with Crippen LogP contribution >= 0.6 is 0 Å². The first-order valence-electron chi connectivity index (χ1n) is 17.8. The number of urea groups is 1. The van der Waals surface area contributed by atoms with Gasteiger partial charge in [-0.05, 0) is 67.1 Å². The number of hydrogen-bond donors (Lipinski definition) is 5. The summed E-state index contributed by atoms with van der Waals surface area (Å²) in [4.78, 5) is 69.7. The van der Waals surface area contributed by atoms with Gasteiger partial charge in [0.25, 0.3) is 5.91 Å². The molecule has 2 aliphatic heterocycles. The molecule has 4 fully saturated rings. The van der Waals surface area contributed by atoms with Gasteiger partial charge in [0, 0.05) is 25.7 Å². The molecule has 2 saturated carbocycles. The van der Waals surface area contributed by atoms with E-state index in [1.165, 1.54) is 0 Å². The smallest absolute Gasteiger partial charge is 0.315 e. The van der Waals surface area contributed by atoms with Gasteiger partial charge < -0.3 is 31.7 Å². The van der Waals surface area contributed by atoms with Crippen LogP contribution < -0.4 is 21.7 Å². The topological polar surface area (TPSA) is 174 Å². The van der Waals surface area contributed by atoms with Gasteiger partial charge in [-0.15, -0.1) is 0 Å². The molecular formula is C35H60N6O6. The molecule has 47 heavy (non-hydrogen) atoms. The summed E-state index contributed by atoms with van der Waals surface area (Å²) in [6.45, 7) is 14.1. The Hall–Kier alpha value is -2.73. The van der Waals surface area contributed by atoms with Crippen LogP contribution in [0, 0.1) is 22.2 Å². The van der Waals surface area contributed by atoms with E-state index in [0.29, 0.717) is 38.8 Å². The number of carbonyl (C=O) groups excluding carboxylic acids is 5. The molecule has 5 amide bonds. The fraction of sp³-hybridized carbons (Fsp3) is 0.857. The lowest BCUT2D eigenvalue weighted by Gasteiger charge is -2.45. The SMILES string of the molecule is CC1(C)CCN(C[C@@H](NC(=O)N[C@H](C(=O)N2CCC[C@H]2C(=O)NC(CC2CC2)C(=O)C(N)=O)C2(C)CCCCC2)C(C)(C)C)C(O)C1. The lowest BCUT2D eigenvalue weighted by atomic mass is 9.70. The maximum Gasteiger partial charge on any atom is 0.315 e. The number of hydrogen-bond acceptors (Lipinski definition) is 7. The number of piperidine rings is 1. The van der Waals surface area contributed by atoms with E-state index in [1.54, 1.807) is 4.90 Å². The zero-order chi connectivity index (χ0) is 34.7. The average Bonchev–Trinajstić information content (AvgIpc) is 3.66. The second-order valence-electron chi connectivity index (χ2n) is 16.9. The van der Waals surface area contributed by atoms with Crippen molar-refractivity contribution in [1.82, 2.24) is 25.8 Å². The summed E-state index contributed by atoms with van der Waals surface area (Å²) in [6, 6.07) is -3.41. The van der Waals surface area contributed by atoms with Crippen LogP contribution in [0.15, 0.2) is 0 Å². The number of nitrogens with zero attached hydrogens (tertiary/aromatic N) is 2. The fourth-order valence-corrected chi connectivity index (χ4v) is 7.64. The van der Waals surface area contributed by atoms with Crippen LogP contribution in [0.1, 0.15) is 119 Å². The van der Waals surface area contributed by atoms with Crippen LogP contribution in [-0.4, -0.2) is 94.5 Å². The summed E-state index contributed by atoms with van der Waals surface area (Å²) in [5, 5.41) is 19.9. The number of aliphatic hydroxyl groups is 1. The lowest BCUT2D eigenvalue weighted by Crippen LogP contribution is -2.63. The lowest BCUT2D eigenvalue weighted by molar-refractivity contribution is -0.144. The Labute approximate surface area is 280 Å². The summed E-state index contributed by atoms with van der Waals surface area (Å²) in [5.74, 6) is -2.40. The quantitative estimate of drug-likeness (QED) is 0.200. The summed E-state index contributed by atoms with van der Waals surface area (Å²) < 4.78 is 0. The van der Waals surface area contributed by atoms with Crippen LogP contribution in [0.25, 0.3) is 0 Å². The predicted octanol–water partition coefficient (Wildman–Crippen LogP) is 2.81. The molecule has 2 unspecified atom stereocenters. The maximum absolute atomic E-state index is 14.4. The molecule has 2 saturated heterocycles. The number of primary amides is 1. The highest BCUT2D eigenvalue weighted by Gasteiger charge is 2.47. The molecule has 0 aromatic rings. The van der Waals surface area contributed by atoms with Gasteiger partial charge in [0.15, 0.2) is 0 Å². The Morgan fingerprint density at radius 1 is 0.894 bits per heavy atom. The first-order chi connectivity index (χ1) is 21.9. The Balaban J connectivity index is 1.49. The van der Waals surface area contributed by atoms with E-state index in [4.69, 9.17) is 5.73 Å². The minimum Gasteiger partial charge on any atom is -0.378 e. The molecule has 0 spiro atoms. The van der Waals surface area contributed by atoms with Crippen LogP contribution in [0.3, 0.4) is 0 Å². The van der Waals surface area contributed by atoms with E-state index in [-0.39, 0.29) is 28.7 Å². The van der Waals surface area contributed by atoms with Gasteiger partial charge in [-0.2, -0.15) is 0 Å². The van der Waals surface area contributed by atoms with Crippen molar-refractivity contribution < 1.29 is 29.1 Å². The standard InChI is InChI=1S/C35H60N6O6/c1-33(2,3)25(21-40-18-16-34(4,5)20-26(40)42)38-32(47)39-28(35(6)14-8-7-9-15-35)31(46)41-17-10-11-24(41)30(45)37-23(19-22-12-13-22)27(43)29(36)44/h22-26,28,42H,7-21H2,1-6H3,(H2,36,44)(H,37,45)(H2,38,39,47)/t23?,24-,25+,26?,28+/m0/s1. The molecule has 0 aromatic carbocycles. The molecular weight excluding hydrogens is 600 g/mol. The average molecular weight is 661 g/mol. The number of Topliss-reactive ketones (excluding diaryl/α,β-unsaturated/α-hetero) is 1. The molecule has 5 atom stereocenters. The maximum atomic E-state index is 14.4. The zero-order valence-corrected chi connectivity index (χ0v) is 29.5. The number of rotatable bonds is 12. The highest BCUT2D eigenvalue weighted by atomic mass is 16.3. The van der Waals surface area contributed by atoms with Crippen molar-refractivity contribution in [3.63, 3.8) is 0 Å². The molecule has 266 valence electrons. The van der Waals surface area contributed by atoms with Gasteiger partial charge in [-0.1, -0.05) is 73.6 Å². The van der Waals surface area contributed by atoms with Crippen molar-refractivity contribution in [2.24, 2.45) is 27.9 Å². The molecule has 4 rings (SSSR count). The third-order valence-corrected chi connectivity index (χ3v) is 11.2. The van der Waals surface area contributed by atoms with Gasteiger partial charge in [-0.3, -0.25) is 24.1 Å². The Morgan fingerprint density at radius 2 is 1.55 bits per heavy atom. The summed E-state index contributed by atoms with van der Waals surface area (Å²) in [5.41, 5.74) is 4.52. The molecule has 12 heteroatoms. The van der Waals surface area contributed by atoms with E-state index in [0.717, 1.165) is 57.9 Å². The predicted molar refractivity (Wildman–Crippen MR) is 179 cm³/mol. The third kappa shape index (κ3) is 9.68. The van der Waals surface area contributed by atoms with Crippen LogP contribution in [0.5, 0.6) is 0 Å². The van der Waals surface area contributed by atoms with Crippen molar-refractivity contribution in [2.45, 2.75) is 149 Å². The van der Waals surface area contributed by atoms with Crippen LogP contribution in [-0.2, 0) is 19.2 Å². The van der Waals surface area contributed by atoms with E-state index < -0.39 is 53.4 Å². The van der Waals surface area contributed by atoms with Crippen molar-refractivity contribution in [1.29, 1.82) is 0 Å². The molecule has 6 N–H and O–H groups in total. The molecule has 12 nitrogen and oxygen atoms in total. The van der Waals surface area contributed by atoms with Gasteiger partial charge >= 0.3 is 6.03 Å². The largest absolute Gasteiger partial charge is 0.378 e. The number of ketones is 1. The number of nitrogens with one attached hydrogen (secondary N) is 3. The van der Waals surface area contributed by atoms with Crippen LogP contribution in [0.4, 0.5) is 4.79 Å². The van der Waals surface area contributed by atoms with Crippen molar-refractivity contribution in [3.8, 4) is 0 Å². The van der Waals surface area contributed by atoms with Gasteiger partial charge in [-0.25, -0.2) is 4.79 Å². The van der Waals surface area contributed by atoms with E-state index >= 15 is 0 Å². The second kappa shape index (κ2) is 14.8. The second-order valence-corrected chi connectivity index (χ2v) is 16.9. The number of amides is 5. The van der Waals surface area contributed by atoms with Crippen molar-refractivity contribution in [3.05, 3.63) is 0 Å². The summed E-state index contributed by atoms with van der Waals surface area (Å²) in [7, 11) is 0. The summed E-state index contributed by atoms with van der Waals surface area (Å²) in [6.07, 6.45) is 8.77. The highest BCUT2D eigenvalue weighted by Crippen LogP contribution is 2.40. The normalized spacial score (nSPS) is 26.5. The Bertz CT molecular complexity index is 1170. The molecule has 0 aromatic heterocycles. The molecule has 4 aliphatic rings. The van der Waals surface area contributed by atoms with Gasteiger partial charge in [0.1, 0.15) is 18.3 Å². The number of carbonyl (C=O) groups is 5. The Kier molecular flexibility index (Phi) is 11.7. The van der Waals surface area contributed by atoms with Gasteiger partial charge in [0.2, 0.25) is 17.6 Å². The highest BCUT2D eigenvalue weighted by molar-refractivity contribution is 6.37. The Morgan fingerprint density at radius 3 is 2.13 bits per heavy atom. The van der Waals surface area contributed by atoms with E-state index in [2.05, 4.69) is 50.6 Å². The fourth-order valence-electron chi connectivity index (χ4n) is 7.64. The molecule has 0 bridgehead atoms. The minimum atomic E-state index is -1.08. The number of aliphatic hydroxyl groups excluding tert-OH is 1. The zero-order valence-electron chi connectivity index (χ0n) is 29.5. The first-order valence-corrected chi connectivity index (χ1v) is 17.8. The van der Waals surface area contributed by atoms with Crippen LogP contribution in [0.2, 0.25) is 0 Å². The van der Waals surface area contributed by atoms with Gasteiger partial charge in [0.05, 0.1) is 6.04 Å². The van der Waals surface area contributed by atoms with Crippen molar-refractivity contribution in [2.75, 3.05) is 19.6 Å². The first kappa shape index (κ1) is 37.1. The number of likely N-dealkylation sites (tertiary alicyclic amines) is 2. The molecule has 2 aliphatic carbocycles. The monoisotopic (exact) mass is 660 g/mol. The number of nitrogens with two attached hydrogens (primary N) is 1. The minimum absolute atomic E-state index is 0.0564.